The van der Waals surface area contributed by atoms with Gasteiger partial charge in [0, 0.05) is 45.3 Å². The van der Waals surface area contributed by atoms with Crippen molar-refractivity contribution in [2.45, 2.75) is 53.1 Å². The molecule has 2 fully saturated rings. The van der Waals surface area contributed by atoms with Crippen molar-refractivity contribution in [3.8, 4) is 5.75 Å². The zero-order valence-corrected chi connectivity index (χ0v) is 18.3. The maximum atomic E-state index is 5.24. The zero-order valence-electron chi connectivity index (χ0n) is 18.3. The highest BCUT2D eigenvalue weighted by Gasteiger charge is 2.24. The fraction of sp³-hybridized carbons (Fsp3) is 0.739. The summed E-state index contributed by atoms with van der Waals surface area (Å²) in [5.41, 5.74) is 1.39. The lowest BCUT2D eigenvalue weighted by atomic mass is 9.95. The monoisotopic (exact) mass is 375 g/mol. The molecule has 154 valence electrons. The van der Waals surface area contributed by atoms with Crippen molar-refractivity contribution in [3.63, 3.8) is 0 Å². The SMILES string of the molecule is CC.COc1ccc(CN2CCC(CN3CCN(C(C)C)CC3)CC2)cc1. The Labute approximate surface area is 167 Å². The second kappa shape index (κ2) is 11.7. The van der Waals surface area contributed by atoms with Gasteiger partial charge in [0.15, 0.2) is 0 Å². The predicted molar refractivity (Wildman–Crippen MR) is 115 cm³/mol. The van der Waals surface area contributed by atoms with Crippen LogP contribution in [0.15, 0.2) is 24.3 Å². The number of benzene rings is 1. The first-order valence-electron chi connectivity index (χ1n) is 11.0. The van der Waals surface area contributed by atoms with Crippen LogP contribution in [0.25, 0.3) is 0 Å². The molecule has 0 saturated carbocycles. The van der Waals surface area contributed by atoms with Crippen LogP contribution < -0.4 is 4.74 Å². The molecule has 2 saturated heterocycles. The number of piperazine rings is 1. The van der Waals surface area contributed by atoms with Crippen LogP contribution in [-0.4, -0.2) is 73.7 Å². The average molecular weight is 376 g/mol. The molecule has 0 radical (unpaired) electrons. The number of ether oxygens (including phenoxy) is 1. The molecule has 4 nitrogen and oxygen atoms in total. The molecule has 27 heavy (non-hydrogen) atoms. The molecule has 2 aliphatic rings. The summed E-state index contributed by atoms with van der Waals surface area (Å²) in [6.07, 6.45) is 2.70. The summed E-state index contributed by atoms with van der Waals surface area (Å²) >= 11 is 0. The van der Waals surface area contributed by atoms with E-state index in [1.807, 2.05) is 13.8 Å². The van der Waals surface area contributed by atoms with E-state index in [1.165, 1.54) is 64.2 Å². The molecule has 0 unspecified atom stereocenters. The lowest BCUT2D eigenvalue weighted by Gasteiger charge is -2.40. The van der Waals surface area contributed by atoms with Crippen molar-refractivity contribution in [2.24, 2.45) is 5.92 Å². The number of hydrogen-bond donors (Lipinski definition) is 0. The van der Waals surface area contributed by atoms with Crippen LogP contribution in [-0.2, 0) is 6.54 Å². The normalized spacial score (nSPS) is 20.4. The Balaban J connectivity index is 0.00000126. The van der Waals surface area contributed by atoms with Gasteiger partial charge in [-0.3, -0.25) is 9.80 Å². The minimum Gasteiger partial charge on any atom is -0.497 e. The van der Waals surface area contributed by atoms with Gasteiger partial charge in [0.2, 0.25) is 0 Å². The van der Waals surface area contributed by atoms with Gasteiger partial charge in [0.25, 0.3) is 0 Å². The number of methoxy groups -OCH3 is 1. The highest BCUT2D eigenvalue weighted by Crippen LogP contribution is 2.21. The summed E-state index contributed by atoms with van der Waals surface area (Å²) < 4.78 is 5.24. The largest absolute Gasteiger partial charge is 0.497 e. The van der Waals surface area contributed by atoms with Crippen molar-refractivity contribution in [2.75, 3.05) is 52.9 Å². The van der Waals surface area contributed by atoms with Crippen LogP contribution in [0.2, 0.25) is 0 Å². The summed E-state index contributed by atoms with van der Waals surface area (Å²) in [6, 6.07) is 9.22. The Morgan fingerprint density at radius 3 is 2.00 bits per heavy atom. The molecular weight excluding hydrogens is 334 g/mol. The van der Waals surface area contributed by atoms with E-state index in [9.17, 15) is 0 Å². The third-order valence-corrected chi connectivity index (χ3v) is 5.93. The predicted octanol–water partition coefficient (Wildman–Crippen LogP) is 3.96. The van der Waals surface area contributed by atoms with Crippen LogP contribution in [0.3, 0.4) is 0 Å². The van der Waals surface area contributed by atoms with E-state index in [4.69, 9.17) is 4.74 Å². The van der Waals surface area contributed by atoms with Crippen LogP contribution in [0.4, 0.5) is 0 Å². The van der Waals surface area contributed by atoms with E-state index in [0.717, 1.165) is 18.2 Å². The summed E-state index contributed by atoms with van der Waals surface area (Å²) in [6.45, 7) is 18.5. The molecule has 0 bridgehead atoms. The number of likely N-dealkylation sites (tertiary alicyclic amines) is 1. The Kier molecular flexibility index (Phi) is 9.60. The Bertz CT molecular complexity index is 501. The van der Waals surface area contributed by atoms with Gasteiger partial charge in [0.05, 0.1) is 7.11 Å². The highest BCUT2D eigenvalue weighted by atomic mass is 16.5. The van der Waals surface area contributed by atoms with E-state index in [0.29, 0.717) is 6.04 Å². The van der Waals surface area contributed by atoms with Crippen LogP contribution >= 0.6 is 0 Å². The van der Waals surface area contributed by atoms with Crippen molar-refractivity contribution in [1.29, 1.82) is 0 Å². The maximum Gasteiger partial charge on any atom is 0.118 e. The molecule has 3 rings (SSSR count). The minimum absolute atomic E-state index is 0.698. The van der Waals surface area contributed by atoms with Gasteiger partial charge in [-0.25, -0.2) is 0 Å². The van der Waals surface area contributed by atoms with Crippen molar-refractivity contribution >= 4 is 0 Å². The van der Waals surface area contributed by atoms with E-state index < -0.39 is 0 Å². The van der Waals surface area contributed by atoms with Crippen LogP contribution in [0, 0.1) is 5.92 Å². The second-order valence-corrected chi connectivity index (χ2v) is 8.00. The van der Waals surface area contributed by atoms with Gasteiger partial charge < -0.3 is 9.64 Å². The molecule has 2 heterocycles. The Hall–Kier alpha value is -1.10. The molecule has 1 aromatic carbocycles. The number of hydrogen-bond acceptors (Lipinski definition) is 4. The Morgan fingerprint density at radius 2 is 1.48 bits per heavy atom. The van der Waals surface area contributed by atoms with Gasteiger partial charge in [-0.15, -0.1) is 0 Å². The van der Waals surface area contributed by atoms with Gasteiger partial charge in [-0.1, -0.05) is 26.0 Å². The first kappa shape index (κ1) is 22.2. The fourth-order valence-corrected chi connectivity index (χ4v) is 4.14. The van der Waals surface area contributed by atoms with Gasteiger partial charge in [-0.05, 0) is 63.4 Å². The molecule has 0 atom stereocenters. The molecular formula is C23H41N3O. The standard InChI is InChI=1S/C21H35N3O.C2H6/c1-18(2)24-14-12-23(13-15-24)17-20-8-10-22(11-9-20)16-19-4-6-21(25-3)7-5-19;1-2/h4-7,18,20H,8-17H2,1-3H3;1-2H3. The van der Waals surface area contributed by atoms with E-state index in [-0.39, 0.29) is 0 Å². The van der Waals surface area contributed by atoms with Gasteiger partial charge >= 0.3 is 0 Å². The number of piperidine rings is 1. The van der Waals surface area contributed by atoms with Gasteiger partial charge in [-0.2, -0.15) is 0 Å². The molecule has 0 aromatic heterocycles. The van der Waals surface area contributed by atoms with Crippen molar-refractivity contribution in [3.05, 3.63) is 29.8 Å². The summed E-state index contributed by atoms with van der Waals surface area (Å²) in [4.78, 5) is 7.91. The lowest BCUT2D eigenvalue weighted by molar-refractivity contribution is 0.0799. The molecule has 4 heteroatoms. The summed E-state index contributed by atoms with van der Waals surface area (Å²) in [5.74, 6) is 1.83. The minimum atomic E-state index is 0.698. The van der Waals surface area contributed by atoms with Crippen LogP contribution in [0.5, 0.6) is 5.75 Å². The first-order chi connectivity index (χ1) is 13.1. The van der Waals surface area contributed by atoms with E-state index in [2.05, 4.69) is 52.8 Å². The zero-order chi connectivity index (χ0) is 19.6. The van der Waals surface area contributed by atoms with E-state index in [1.54, 1.807) is 7.11 Å². The smallest absolute Gasteiger partial charge is 0.118 e. The van der Waals surface area contributed by atoms with Crippen molar-refractivity contribution < 1.29 is 4.74 Å². The molecule has 0 spiro atoms. The van der Waals surface area contributed by atoms with Gasteiger partial charge in [0.1, 0.15) is 5.75 Å². The lowest BCUT2D eigenvalue weighted by Crippen LogP contribution is -2.50. The quantitative estimate of drug-likeness (QED) is 0.749. The molecule has 2 aliphatic heterocycles. The molecule has 0 N–H and O–H groups in total. The average Bonchev–Trinajstić information content (AvgIpc) is 2.72. The topological polar surface area (TPSA) is 19.0 Å². The summed E-state index contributed by atoms with van der Waals surface area (Å²) in [5, 5.41) is 0. The molecule has 0 aliphatic carbocycles. The third-order valence-electron chi connectivity index (χ3n) is 5.93. The number of nitrogens with zero attached hydrogens (tertiary/aromatic N) is 3. The maximum absolute atomic E-state index is 5.24. The number of rotatable bonds is 6. The first-order valence-corrected chi connectivity index (χ1v) is 11.0. The summed E-state index contributed by atoms with van der Waals surface area (Å²) in [7, 11) is 1.72. The fourth-order valence-electron chi connectivity index (χ4n) is 4.14. The highest BCUT2D eigenvalue weighted by molar-refractivity contribution is 5.27. The van der Waals surface area contributed by atoms with Crippen molar-refractivity contribution in [1.82, 2.24) is 14.7 Å². The van der Waals surface area contributed by atoms with E-state index >= 15 is 0 Å². The van der Waals surface area contributed by atoms with Crippen LogP contribution in [0.1, 0.15) is 46.1 Å². The molecule has 1 aromatic rings. The second-order valence-electron chi connectivity index (χ2n) is 8.00. The third kappa shape index (κ3) is 7.10. The Morgan fingerprint density at radius 1 is 0.889 bits per heavy atom. The molecule has 0 amide bonds.